The fourth-order valence-corrected chi connectivity index (χ4v) is 4.03. The summed E-state index contributed by atoms with van der Waals surface area (Å²) in [7, 11) is 0. The number of unbranched alkanes of at least 4 members (excludes halogenated alkanes) is 3. The molecule has 0 atom stereocenters. The van der Waals surface area contributed by atoms with Crippen LogP contribution in [0.4, 0.5) is 0 Å². The summed E-state index contributed by atoms with van der Waals surface area (Å²) in [4.78, 5) is 15.9. The van der Waals surface area contributed by atoms with Crippen molar-refractivity contribution in [2.24, 2.45) is 0 Å². The van der Waals surface area contributed by atoms with Crippen LogP contribution in [0.15, 0.2) is 48.5 Å². The van der Waals surface area contributed by atoms with Gasteiger partial charge in [0.2, 0.25) is 5.91 Å². The average Bonchev–Trinajstić information content (AvgIpc) is 3.13. The van der Waals surface area contributed by atoms with Crippen molar-refractivity contribution in [3.8, 4) is 5.75 Å². The largest absolute Gasteiger partial charge is 0.494 e. The Morgan fingerprint density at radius 3 is 2.45 bits per heavy atom. The number of nitrogens with one attached hydrogen (secondary N) is 1. The summed E-state index contributed by atoms with van der Waals surface area (Å²) < 4.78 is 8.35. The van der Waals surface area contributed by atoms with E-state index in [1.54, 1.807) is 6.92 Å². The summed E-state index contributed by atoms with van der Waals surface area (Å²) in [6, 6.07) is 16.9. The van der Waals surface area contributed by atoms with E-state index in [2.05, 4.69) is 79.2 Å². The third-order valence-electron chi connectivity index (χ3n) is 5.95. The maximum Gasteiger partial charge on any atom is 0.216 e. The molecule has 5 nitrogen and oxygen atoms in total. The molecule has 0 unspecified atom stereocenters. The van der Waals surface area contributed by atoms with Gasteiger partial charge in [0, 0.05) is 26.4 Å². The minimum Gasteiger partial charge on any atom is -0.494 e. The van der Waals surface area contributed by atoms with E-state index in [-0.39, 0.29) is 11.3 Å². The third kappa shape index (κ3) is 7.62. The van der Waals surface area contributed by atoms with Crippen LogP contribution in [0.5, 0.6) is 5.75 Å². The Morgan fingerprint density at radius 1 is 0.970 bits per heavy atom. The van der Waals surface area contributed by atoms with Crippen LogP contribution in [0.25, 0.3) is 11.0 Å². The van der Waals surface area contributed by atoms with Crippen molar-refractivity contribution in [3.05, 3.63) is 59.9 Å². The van der Waals surface area contributed by atoms with E-state index >= 15 is 0 Å². The molecule has 2 aromatic carbocycles. The molecule has 33 heavy (non-hydrogen) atoms. The normalized spacial score (nSPS) is 11.6. The molecule has 178 valence electrons. The zero-order chi connectivity index (χ0) is 23.7. The lowest BCUT2D eigenvalue weighted by Gasteiger charge is -2.19. The predicted molar refractivity (Wildman–Crippen MR) is 136 cm³/mol. The summed E-state index contributed by atoms with van der Waals surface area (Å²) in [5.41, 5.74) is 3.77. The van der Waals surface area contributed by atoms with Gasteiger partial charge in [0.05, 0.1) is 17.6 Å². The summed E-state index contributed by atoms with van der Waals surface area (Å²) >= 11 is 0. The average molecular weight is 450 g/mol. The van der Waals surface area contributed by atoms with E-state index in [1.165, 1.54) is 11.1 Å². The molecule has 0 saturated heterocycles. The van der Waals surface area contributed by atoms with Crippen LogP contribution in [0.3, 0.4) is 0 Å². The molecular formula is C28H39N3O2. The van der Waals surface area contributed by atoms with Crippen molar-refractivity contribution in [2.45, 2.75) is 78.2 Å². The van der Waals surface area contributed by atoms with Crippen LogP contribution in [-0.4, -0.2) is 28.6 Å². The molecule has 1 N–H and O–H groups in total. The van der Waals surface area contributed by atoms with Crippen LogP contribution in [0, 0.1) is 0 Å². The second-order valence-electron chi connectivity index (χ2n) is 9.79. The number of para-hydroxylation sites is 2. The van der Waals surface area contributed by atoms with Crippen molar-refractivity contribution in [1.82, 2.24) is 14.9 Å². The zero-order valence-corrected chi connectivity index (χ0v) is 20.7. The number of aromatic nitrogens is 2. The molecule has 0 radical (unpaired) electrons. The van der Waals surface area contributed by atoms with Crippen LogP contribution in [-0.2, 0) is 23.2 Å². The standard InChI is InChI=1S/C28H39N3O2/c1-22(32)29-19-9-5-6-14-27-30-25-12-7-8-13-26(25)31(27)20-10-11-21-33-24-17-15-23(16-18-24)28(2,3)4/h7-8,12-13,15-18H,5-6,9-11,14,19-21H2,1-4H3,(H,29,32). The van der Waals surface area contributed by atoms with Gasteiger partial charge in [0.25, 0.3) is 0 Å². The van der Waals surface area contributed by atoms with Crippen LogP contribution in [0.2, 0.25) is 0 Å². The van der Waals surface area contributed by atoms with Crippen molar-refractivity contribution in [1.29, 1.82) is 0 Å². The molecule has 0 aliphatic rings. The van der Waals surface area contributed by atoms with E-state index in [0.29, 0.717) is 0 Å². The number of ether oxygens (including phenoxy) is 1. The first-order valence-corrected chi connectivity index (χ1v) is 12.3. The molecule has 1 aromatic heterocycles. The maximum absolute atomic E-state index is 11.0. The second kappa shape index (κ2) is 11.9. The van der Waals surface area contributed by atoms with Gasteiger partial charge in [-0.25, -0.2) is 4.98 Å². The predicted octanol–water partition coefficient (Wildman–Crippen LogP) is 6.04. The van der Waals surface area contributed by atoms with Gasteiger partial charge < -0.3 is 14.6 Å². The van der Waals surface area contributed by atoms with E-state index in [9.17, 15) is 4.79 Å². The fraction of sp³-hybridized carbons (Fsp3) is 0.500. The van der Waals surface area contributed by atoms with Gasteiger partial charge in [0.15, 0.2) is 0 Å². The van der Waals surface area contributed by atoms with E-state index in [1.807, 2.05) is 0 Å². The number of rotatable bonds is 12. The molecule has 5 heteroatoms. The quantitative estimate of drug-likeness (QED) is 0.343. The molecule has 1 amide bonds. The molecule has 0 aliphatic heterocycles. The van der Waals surface area contributed by atoms with Gasteiger partial charge in [-0.15, -0.1) is 0 Å². The molecule has 0 bridgehead atoms. The first-order chi connectivity index (χ1) is 15.8. The smallest absolute Gasteiger partial charge is 0.216 e. The zero-order valence-electron chi connectivity index (χ0n) is 20.7. The lowest BCUT2D eigenvalue weighted by molar-refractivity contribution is -0.118. The highest BCUT2D eigenvalue weighted by Crippen LogP contribution is 2.24. The fourth-order valence-electron chi connectivity index (χ4n) is 4.03. The Balaban J connectivity index is 1.48. The number of imidazole rings is 1. The lowest BCUT2D eigenvalue weighted by Crippen LogP contribution is -2.20. The number of fused-ring (bicyclic) bond motifs is 1. The second-order valence-corrected chi connectivity index (χ2v) is 9.79. The Morgan fingerprint density at radius 2 is 1.73 bits per heavy atom. The molecule has 0 saturated carbocycles. The topological polar surface area (TPSA) is 56.2 Å². The van der Waals surface area contributed by atoms with E-state index in [4.69, 9.17) is 9.72 Å². The number of carbonyl (C=O) groups excluding carboxylic acids is 1. The van der Waals surface area contributed by atoms with Gasteiger partial charge in [-0.05, 0) is 60.9 Å². The number of nitrogens with zero attached hydrogens (tertiary/aromatic N) is 2. The van der Waals surface area contributed by atoms with Crippen molar-refractivity contribution < 1.29 is 9.53 Å². The van der Waals surface area contributed by atoms with Crippen molar-refractivity contribution in [3.63, 3.8) is 0 Å². The van der Waals surface area contributed by atoms with Gasteiger partial charge in [0.1, 0.15) is 11.6 Å². The highest BCUT2D eigenvalue weighted by molar-refractivity contribution is 5.75. The molecule has 0 spiro atoms. The third-order valence-corrected chi connectivity index (χ3v) is 5.95. The molecule has 3 aromatic rings. The number of carbonyl (C=O) groups is 1. The van der Waals surface area contributed by atoms with E-state index in [0.717, 1.165) is 75.3 Å². The first kappa shape index (κ1) is 24.8. The van der Waals surface area contributed by atoms with Crippen LogP contribution >= 0.6 is 0 Å². The maximum atomic E-state index is 11.0. The molecule has 0 aliphatic carbocycles. The number of aryl methyl sites for hydroxylation is 2. The number of amides is 1. The molecule has 1 heterocycles. The molecular weight excluding hydrogens is 410 g/mol. The molecule has 3 rings (SSSR count). The van der Waals surface area contributed by atoms with Crippen molar-refractivity contribution >= 4 is 16.9 Å². The summed E-state index contributed by atoms with van der Waals surface area (Å²) in [5, 5.41) is 2.87. The first-order valence-electron chi connectivity index (χ1n) is 12.3. The van der Waals surface area contributed by atoms with Gasteiger partial charge in [-0.3, -0.25) is 4.79 Å². The highest BCUT2D eigenvalue weighted by atomic mass is 16.5. The van der Waals surface area contributed by atoms with Gasteiger partial charge in [-0.1, -0.05) is 51.5 Å². The van der Waals surface area contributed by atoms with E-state index < -0.39 is 0 Å². The molecule has 0 fully saturated rings. The Hall–Kier alpha value is -2.82. The van der Waals surface area contributed by atoms with Crippen LogP contribution < -0.4 is 10.1 Å². The van der Waals surface area contributed by atoms with Crippen molar-refractivity contribution in [2.75, 3.05) is 13.2 Å². The highest BCUT2D eigenvalue weighted by Gasteiger charge is 2.13. The SMILES string of the molecule is CC(=O)NCCCCCc1nc2ccccc2n1CCCCOc1ccc(C(C)(C)C)cc1. The number of benzene rings is 2. The Kier molecular flexibility index (Phi) is 8.93. The lowest BCUT2D eigenvalue weighted by atomic mass is 9.87. The number of hydrogen-bond donors (Lipinski definition) is 1. The summed E-state index contributed by atoms with van der Waals surface area (Å²) in [5.74, 6) is 2.15. The summed E-state index contributed by atoms with van der Waals surface area (Å²) in [6.07, 6.45) is 6.20. The summed E-state index contributed by atoms with van der Waals surface area (Å²) in [6.45, 7) is 10.7. The minimum atomic E-state index is 0.0442. The van der Waals surface area contributed by atoms with Gasteiger partial charge in [-0.2, -0.15) is 0 Å². The monoisotopic (exact) mass is 449 g/mol. The van der Waals surface area contributed by atoms with Crippen LogP contribution in [0.1, 0.15) is 71.2 Å². The number of hydrogen-bond acceptors (Lipinski definition) is 3. The minimum absolute atomic E-state index is 0.0442. The Labute approximate surface area is 198 Å². The van der Waals surface area contributed by atoms with Gasteiger partial charge >= 0.3 is 0 Å². The Bertz CT molecular complexity index is 1020.